The Balaban J connectivity index is 2.35. The second-order valence-corrected chi connectivity index (χ2v) is 5.66. The van der Waals surface area contributed by atoms with E-state index >= 15 is 0 Å². The molecule has 0 amide bonds. The first kappa shape index (κ1) is 12.1. The average Bonchev–Trinajstić information content (AvgIpc) is 2.17. The van der Waals surface area contributed by atoms with Crippen LogP contribution in [-0.2, 0) is 0 Å². The van der Waals surface area contributed by atoms with Gasteiger partial charge in [0.2, 0.25) is 0 Å². The van der Waals surface area contributed by atoms with Crippen LogP contribution in [0.3, 0.4) is 0 Å². The summed E-state index contributed by atoms with van der Waals surface area (Å²) in [6, 6.07) is 0.591. The molecule has 1 unspecified atom stereocenters. The zero-order valence-corrected chi connectivity index (χ0v) is 10.5. The predicted molar refractivity (Wildman–Crippen MR) is 66.9 cm³/mol. The normalized spacial score (nSPS) is 20.5. The van der Waals surface area contributed by atoms with Crippen LogP contribution < -0.4 is 5.32 Å². The molecule has 0 aromatic heterocycles. The van der Waals surface area contributed by atoms with E-state index in [0.717, 1.165) is 5.92 Å². The Kier molecular flexibility index (Phi) is 5.64. The molecule has 1 rings (SSSR count). The number of nitrogens with one attached hydrogen (secondary N) is 1. The third-order valence-corrected chi connectivity index (χ3v) is 3.88. The summed E-state index contributed by atoms with van der Waals surface area (Å²) in [5.41, 5.74) is 1.43. The lowest BCUT2D eigenvalue weighted by atomic mass is 9.93. The smallest absolute Gasteiger partial charge is 0.0252 e. The molecule has 1 nitrogen and oxygen atoms in total. The maximum absolute atomic E-state index is 3.40. The van der Waals surface area contributed by atoms with E-state index in [9.17, 15) is 0 Å². The molecular formula is C12H23NS. The summed E-state index contributed by atoms with van der Waals surface area (Å²) in [7, 11) is 2.07. The maximum Gasteiger partial charge on any atom is 0.0252 e. The van der Waals surface area contributed by atoms with Crippen molar-refractivity contribution in [3.05, 3.63) is 11.6 Å². The first-order chi connectivity index (χ1) is 6.72. The Hall–Kier alpha value is 0.0500. The lowest BCUT2D eigenvalue weighted by molar-refractivity contribution is 0.410. The lowest BCUT2D eigenvalue weighted by Crippen LogP contribution is -2.27. The van der Waals surface area contributed by atoms with Crippen LogP contribution in [0.5, 0.6) is 0 Å². The van der Waals surface area contributed by atoms with Crippen molar-refractivity contribution >= 4 is 11.8 Å². The van der Waals surface area contributed by atoms with Crippen molar-refractivity contribution < 1.29 is 0 Å². The van der Waals surface area contributed by atoms with Crippen LogP contribution in [0.4, 0.5) is 0 Å². The van der Waals surface area contributed by atoms with Gasteiger partial charge in [-0.1, -0.05) is 11.6 Å². The van der Waals surface area contributed by atoms with Crippen molar-refractivity contribution in [2.75, 3.05) is 18.6 Å². The van der Waals surface area contributed by atoms with Crippen LogP contribution >= 0.6 is 11.8 Å². The van der Waals surface area contributed by atoms with Gasteiger partial charge in [0.05, 0.1) is 0 Å². The largest absolute Gasteiger partial charge is 0.314 e. The number of likely N-dealkylation sites (N-methyl/N-ethyl adjacent to an activating group) is 1. The van der Waals surface area contributed by atoms with Crippen molar-refractivity contribution in [3.8, 4) is 0 Å². The molecule has 1 heterocycles. The summed E-state index contributed by atoms with van der Waals surface area (Å²) in [5, 5.41) is 3.40. The molecule has 1 atom stereocenters. The summed E-state index contributed by atoms with van der Waals surface area (Å²) in [6.07, 6.45) is 6.52. The Morgan fingerprint density at radius 1 is 1.43 bits per heavy atom. The van der Waals surface area contributed by atoms with E-state index in [-0.39, 0.29) is 0 Å². The molecule has 0 aliphatic carbocycles. The molecule has 82 valence electrons. The minimum atomic E-state index is 0.591. The first-order valence-corrected chi connectivity index (χ1v) is 6.78. The van der Waals surface area contributed by atoms with Crippen LogP contribution in [-0.4, -0.2) is 24.6 Å². The SMILES string of the molecule is CNC(C=C(C)C)CC1CCSCC1. The van der Waals surface area contributed by atoms with E-state index in [0.29, 0.717) is 6.04 Å². The van der Waals surface area contributed by atoms with Crippen LogP contribution in [0.2, 0.25) is 0 Å². The highest BCUT2D eigenvalue weighted by Crippen LogP contribution is 2.26. The molecule has 0 saturated carbocycles. The van der Waals surface area contributed by atoms with E-state index in [1.165, 1.54) is 36.3 Å². The zero-order chi connectivity index (χ0) is 10.4. The van der Waals surface area contributed by atoms with Gasteiger partial charge in [0.15, 0.2) is 0 Å². The van der Waals surface area contributed by atoms with Gasteiger partial charge >= 0.3 is 0 Å². The minimum absolute atomic E-state index is 0.591. The fourth-order valence-corrected chi connectivity index (χ4v) is 3.22. The van der Waals surface area contributed by atoms with Gasteiger partial charge in [-0.3, -0.25) is 0 Å². The molecule has 0 spiro atoms. The highest BCUT2D eigenvalue weighted by Gasteiger charge is 2.16. The molecule has 1 aliphatic rings. The van der Waals surface area contributed by atoms with Gasteiger partial charge in [-0.05, 0) is 57.6 Å². The van der Waals surface area contributed by atoms with E-state index in [4.69, 9.17) is 0 Å². The number of allylic oxidation sites excluding steroid dienone is 1. The van der Waals surface area contributed by atoms with Crippen molar-refractivity contribution in [1.82, 2.24) is 5.32 Å². The van der Waals surface area contributed by atoms with Crippen molar-refractivity contribution in [1.29, 1.82) is 0 Å². The Morgan fingerprint density at radius 3 is 2.57 bits per heavy atom. The zero-order valence-electron chi connectivity index (χ0n) is 9.68. The average molecular weight is 213 g/mol. The molecular weight excluding hydrogens is 190 g/mol. The van der Waals surface area contributed by atoms with Crippen LogP contribution in [0, 0.1) is 5.92 Å². The highest BCUT2D eigenvalue weighted by molar-refractivity contribution is 7.99. The van der Waals surface area contributed by atoms with Gasteiger partial charge in [0, 0.05) is 6.04 Å². The molecule has 0 aromatic carbocycles. The van der Waals surface area contributed by atoms with E-state index in [2.05, 4.69) is 44.0 Å². The van der Waals surface area contributed by atoms with Gasteiger partial charge in [-0.2, -0.15) is 11.8 Å². The summed E-state index contributed by atoms with van der Waals surface area (Å²) >= 11 is 2.11. The van der Waals surface area contributed by atoms with E-state index < -0.39 is 0 Å². The molecule has 2 heteroatoms. The van der Waals surface area contributed by atoms with Crippen molar-refractivity contribution in [2.45, 2.75) is 39.2 Å². The van der Waals surface area contributed by atoms with Crippen LogP contribution in [0.1, 0.15) is 33.1 Å². The maximum atomic E-state index is 3.40. The summed E-state index contributed by atoms with van der Waals surface area (Å²) < 4.78 is 0. The summed E-state index contributed by atoms with van der Waals surface area (Å²) in [4.78, 5) is 0. The number of hydrogen-bond donors (Lipinski definition) is 1. The monoisotopic (exact) mass is 213 g/mol. The topological polar surface area (TPSA) is 12.0 Å². The fraction of sp³-hybridized carbons (Fsp3) is 0.833. The Labute approximate surface area is 92.7 Å². The minimum Gasteiger partial charge on any atom is -0.314 e. The molecule has 1 saturated heterocycles. The third kappa shape index (κ3) is 4.52. The van der Waals surface area contributed by atoms with Gasteiger partial charge in [0.1, 0.15) is 0 Å². The van der Waals surface area contributed by atoms with Gasteiger partial charge in [-0.15, -0.1) is 0 Å². The third-order valence-electron chi connectivity index (χ3n) is 2.83. The quantitative estimate of drug-likeness (QED) is 0.720. The van der Waals surface area contributed by atoms with E-state index in [1.54, 1.807) is 0 Å². The molecule has 0 radical (unpaired) electrons. The van der Waals surface area contributed by atoms with E-state index in [1.807, 2.05) is 0 Å². The van der Waals surface area contributed by atoms with Gasteiger partial charge in [-0.25, -0.2) is 0 Å². The van der Waals surface area contributed by atoms with Crippen molar-refractivity contribution in [2.24, 2.45) is 5.92 Å². The lowest BCUT2D eigenvalue weighted by Gasteiger charge is -2.24. The first-order valence-electron chi connectivity index (χ1n) is 5.62. The summed E-state index contributed by atoms with van der Waals surface area (Å²) in [5.74, 6) is 3.69. The number of thioether (sulfide) groups is 1. The number of rotatable bonds is 4. The predicted octanol–water partition coefficient (Wildman–Crippen LogP) is 3.07. The van der Waals surface area contributed by atoms with Gasteiger partial charge < -0.3 is 5.32 Å². The molecule has 14 heavy (non-hydrogen) atoms. The fourth-order valence-electron chi connectivity index (χ4n) is 2.01. The van der Waals surface area contributed by atoms with Crippen LogP contribution in [0.15, 0.2) is 11.6 Å². The second kappa shape index (κ2) is 6.52. The van der Waals surface area contributed by atoms with Gasteiger partial charge in [0.25, 0.3) is 0 Å². The highest BCUT2D eigenvalue weighted by atomic mass is 32.2. The molecule has 0 bridgehead atoms. The molecule has 1 N–H and O–H groups in total. The Bertz CT molecular complexity index is 179. The van der Waals surface area contributed by atoms with Crippen molar-refractivity contribution in [3.63, 3.8) is 0 Å². The number of hydrogen-bond acceptors (Lipinski definition) is 2. The molecule has 1 fully saturated rings. The van der Waals surface area contributed by atoms with Crippen LogP contribution in [0.25, 0.3) is 0 Å². The molecule has 0 aromatic rings. The molecule has 1 aliphatic heterocycles. The standard InChI is InChI=1S/C12H23NS/c1-10(2)8-12(13-3)9-11-4-6-14-7-5-11/h8,11-13H,4-7,9H2,1-3H3. The Morgan fingerprint density at radius 2 is 2.07 bits per heavy atom. The summed E-state index contributed by atoms with van der Waals surface area (Å²) in [6.45, 7) is 4.36. The second-order valence-electron chi connectivity index (χ2n) is 4.43.